The van der Waals surface area contributed by atoms with Crippen LogP contribution >= 0.6 is 0 Å². The van der Waals surface area contributed by atoms with Gasteiger partial charge in [-0.25, -0.2) is 0 Å². The van der Waals surface area contributed by atoms with Gasteiger partial charge in [-0.3, -0.25) is 0 Å². The van der Waals surface area contributed by atoms with Crippen molar-refractivity contribution in [3.05, 3.63) is 23.8 Å². The molecule has 2 aliphatic carbocycles. The number of aliphatic hydroxyl groups is 2. The first kappa shape index (κ1) is 22.6. The van der Waals surface area contributed by atoms with E-state index in [1.165, 1.54) is 51.5 Å². The van der Waals surface area contributed by atoms with Gasteiger partial charge >= 0.3 is 0 Å². The quantitative estimate of drug-likeness (QED) is 0.374. The van der Waals surface area contributed by atoms with Crippen molar-refractivity contribution in [2.45, 2.75) is 89.8 Å². The highest BCUT2D eigenvalue weighted by atomic mass is 16.3. The van der Waals surface area contributed by atoms with E-state index in [9.17, 15) is 10.2 Å². The molecule has 3 nitrogen and oxygen atoms in total. The fraction of sp³-hybridized carbons (Fsp3) is 0.833. The minimum absolute atomic E-state index is 0.216. The molecule has 0 radical (unpaired) electrons. The van der Waals surface area contributed by atoms with Crippen molar-refractivity contribution in [1.82, 2.24) is 4.90 Å². The highest BCUT2D eigenvalue weighted by molar-refractivity contribution is 5.17. The molecule has 2 fully saturated rings. The van der Waals surface area contributed by atoms with Gasteiger partial charge in [-0.15, -0.1) is 0 Å². The molecule has 3 heteroatoms. The Kier molecular flexibility index (Phi) is 10.1. The Morgan fingerprint density at radius 1 is 1.11 bits per heavy atom. The summed E-state index contributed by atoms with van der Waals surface area (Å²) in [6.07, 6.45) is 18.7. The average molecular weight is 378 g/mol. The summed E-state index contributed by atoms with van der Waals surface area (Å²) in [5.41, 5.74) is 1.62. The summed E-state index contributed by atoms with van der Waals surface area (Å²) >= 11 is 0. The minimum atomic E-state index is -0.346. The van der Waals surface area contributed by atoms with E-state index in [1.807, 2.05) is 6.08 Å². The fourth-order valence-electron chi connectivity index (χ4n) is 4.95. The topological polar surface area (TPSA) is 43.7 Å². The smallest absolute Gasteiger partial charge is 0.0721 e. The van der Waals surface area contributed by atoms with Crippen LogP contribution in [-0.4, -0.2) is 48.0 Å². The number of nitrogens with zero attached hydrogens (tertiary/aromatic N) is 1. The summed E-state index contributed by atoms with van der Waals surface area (Å²) < 4.78 is 0. The van der Waals surface area contributed by atoms with E-state index in [-0.39, 0.29) is 18.1 Å². The maximum Gasteiger partial charge on any atom is 0.0721 e. The number of fused-ring (bicyclic) bond motifs is 1. The summed E-state index contributed by atoms with van der Waals surface area (Å²) in [7, 11) is 4.28. The van der Waals surface area contributed by atoms with Crippen LogP contribution in [0.5, 0.6) is 0 Å². The van der Waals surface area contributed by atoms with E-state index in [2.05, 4.69) is 38.1 Å². The lowest BCUT2D eigenvalue weighted by Crippen LogP contribution is -2.17. The zero-order valence-electron chi connectivity index (χ0n) is 17.9. The van der Waals surface area contributed by atoms with Crippen molar-refractivity contribution < 1.29 is 10.2 Å². The predicted molar refractivity (Wildman–Crippen MR) is 115 cm³/mol. The van der Waals surface area contributed by atoms with Crippen LogP contribution in [-0.2, 0) is 0 Å². The minimum Gasteiger partial charge on any atom is -0.392 e. The maximum absolute atomic E-state index is 10.5. The van der Waals surface area contributed by atoms with Gasteiger partial charge in [0.05, 0.1) is 12.2 Å². The average Bonchev–Trinajstić information content (AvgIpc) is 3.12. The third kappa shape index (κ3) is 7.71. The third-order valence-electron chi connectivity index (χ3n) is 6.51. The van der Waals surface area contributed by atoms with Crippen LogP contribution in [0.2, 0.25) is 0 Å². The number of hydrogen-bond acceptors (Lipinski definition) is 3. The van der Waals surface area contributed by atoms with Gasteiger partial charge < -0.3 is 15.1 Å². The van der Waals surface area contributed by atoms with Crippen molar-refractivity contribution in [2.75, 3.05) is 20.6 Å². The van der Waals surface area contributed by atoms with Crippen LogP contribution in [0.15, 0.2) is 23.8 Å². The first-order valence-electron chi connectivity index (χ1n) is 11.4. The monoisotopic (exact) mass is 377 g/mol. The SMILES string of the molecule is CCCCC[C@H](O)/C=C/[C@@H]1[C@H]2C/C(=C/CCCCCN(C)C)C[C@H]2C[C@H]1O. The molecule has 5 atom stereocenters. The molecule has 2 rings (SSSR count). The molecular weight excluding hydrogens is 334 g/mol. The van der Waals surface area contributed by atoms with E-state index >= 15 is 0 Å². The van der Waals surface area contributed by atoms with Gasteiger partial charge in [0.1, 0.15) is 0 Å². The first-order chi connectivity index (χ1) is 13.0. The lowest BCUT2D eigenvalue weighted by molar-refractivity contribution is 0.139. The van der Waals surface area contributed by atoms with Crippen LogP contribution in [0.25, 0.3) is 0 Å². The predicted octanol–water partition coefficient (Wildman–Crippen LogP) is 4.94. The largest absolute Gasteiger partial charge is 0.392 e. The second-order valence-electron chi connectivity index (χ2n) is 9.18. The van der Waals surface area contributed by atoms with Gasteiger partial charge in [0.2, 0.25) is 0 Å². The lowest BCUT2D eigenvalue weighted by Gasteiger charge is -2.17. The van der Waals surface area contributed by atoms with Crippen molar-refractivity contribution >= 4 is 0 Å². The molecule has 0 amide bonds. The van der Waals surface area contributed by atoms with Gasteiger partial charge in [0, 0.05) is 5.92 Å². The Balaban J connectivity index is 1.74. The second-order valence-corrected chi connectivity index (χ2v) is 9.18. The number of allylic oxidation sites excluding steroid dienone is 2. The first-order valence-corrected chi connectivity index (χ1v) is 11.4. The molecule has 0 spiro atoms. The Morgan fingerprint density at radius 3 is 2.67 bits per heavy atom. The Bertz CT molecular complexity index is 471. The molecule has 27 heavy (non-hydrogen) atoms. The normalized spacial score (nSPS) is 30.7. The van der Waals surface area contributed by atoms with Crippen LogP contribution in [0.4, 0.5) is 0 Å². The van der Waals surface area contributed by atoms with Crippen LogP contribution < -0.4 is 0 Å². The van der Waals surface area contributed by atoms with Gasteiger partial charge in [0.15, 0.2) is 0 Å². The van der Waals surface area contributed by atoms with Crippen molar-refractivity contribution in [2.24, 2.45) is 17.8 Å². The molecule has 0 bridgehead atoms. The molecule has 0 saturated heterocycles. The van der Waals surface area contributed by atoms with E-state index < -0.39 is 0 Å². The summed E-state index contributed by atoms with van der Waals surface area (Å²) in [5.74, 6) is 1.47. The van der Waals surface area contributed by atoms with Gasteiger partial charge in [0.25, 0.3) is 0 Å². The molecule has 0 heterocycles. The number of rotatable bonds is 12. The molecule has 2 saturated carbocycles. The number of unbranched alkanes of at least 4 members (excludes halogenated alkanes) is 5. The van der Waals surface area contributed by atoms with Gasteiger partial charge in [-0.2, -0.15) is 0 Å². The van der Waals surface area contributed by atoms with Gasteiger partial charge in [-0.05, 0) is 77.4 Å². The second kappa shape index (κ2) is 12.0. The number of aliphatic hydroxyl groups excluding tert-OH is 2. The Morgan fingerprint density at radius 2 is 1.93 bits per heavy atom. The van der Waals surface area contributed by atoms with Crippen molar-refractivity contribution in [3.63, 3.8) is 0 Å². The standard InChI is InChI=1S/C24H43NO2/c1-4-5-8-12-21(26)13-14-22-23-17-19(16-20(23)18-24(22)27)11-9-6-7-10-15-25(2)3/h11,13-14,20-24,26-27H,4-10,12,15-18H2,1-3H3/b14-13+,19-11+/t20-,21-,22+,23-,24+/m0/s1. The molecule has 0 aromatic heterocycles. The van der Waals surface area contributed by atoms with Gasteiger partial charge in [-0.1, -0.05) is 56.4 Å². The fourth-order valence-corrected chi connectivity index (χ4v) is 4.95. The molecule has 0 aromatic rings. The molecular formula is C24H43NO2. The summed E-state index contributed by atoms with van der Waals surface area (Å²) in [6.45, 7) is 3.38. The maximum atomic E-state index is 10.5. The van der Waals surface area contributed by atoms with E-state index in [1.54, 1.807) is 5.57 Å². The molecule has 2 aliphatic rings. The Labute approximate surface area is 167 Å². The van der Waals surface area contributed by atoms with Crippen molar-refractivity contribution in [1.29, 1.82) is 0 Å². The molecule has 0 aromatic carbocycles. The molecule has 2 N–H and O–H groups in total. The molecule has 156 valence electrons. The Hall–Kier alpha value is -0.640. The zero-order chi connectivity index (χ0) is 19.6. The summed E-state index contributed by atoms with van der Waals surface area (Å²) in [6, 6.07) is 0. The highest BCUT2D eigenvalue weighted by Crippen LogP contribution is 2.50. The summed E-state index contributed by atoms with van der Waals surface area (Å²) in [5, 5.41) is 20.6. The van der Waals surface area contributed by atoms with Crippen LogP contribution in [0.3, 0.4) is 0 Å². The third-order valence-corrected chi connectivity index (χ3v) is 6.51. The highest BCUT2D eigenvalue weighted by Gasteiger charge is 2.44. The molecule has 0 aliphatic heterocycles. The summed E-state index contributed by atoms with van der Waals surface area (Å²) in [4.78, 5) is 2.26. The molecule has 0 unspecified atom stereocenters. The van der Waals surface area contributed by atoms with E-state index in [0.717, 1.165) is 25.7 Å². The lowest BCUT2D eigenvalue weighted by atomic mass is 9.90. The van der Waals surface area contributed by atoms with Crippen LogP contribution in [0.1, 0.15) is 77.6 Å². The van der Waals surface area contributed by atoms with Crippen LogP contribution in [0, 0.1) is 17.8 Å². The zero-order valence-corrected chi connectivity index (χ0v) is 17.9. The van der Waals surface area contributed by atoms with E-state index in [4.69, 9.17) is 0 Å². The van der Waals surface area contributed by atoms with Crippen molar-refractivity contribution in [3.8, 4) is 0 Å². The van der Waals surface area contributed by atoms with E-state index in [0.29, 0.717) is 11.8 Å². The number of hydrogen-bond donors (Lipinski definition) is 2.